The summed E-state index contributed by atoms with van der Waals surface area (Å²) in [6.45, 7) is 4.54. The van der Waals surface area contributed by atoms with Crippen LogP contribution in [0.2, 0.25) is 0 Å². The Kier molecular flexibility index (Phi) is 8.09. The first kappa shape index (κ1) is 17.1. The van der Waals surface area contributed by atoms with Crippen molar-refractivity contribution in [2.45, 2.75) is 12.5 Å². The Morgan fingerprint density at radius 3 is 2.33 bits per heavy atom. The monoisotopic (exact) mass is 290 g/mol. The Labute approximate surface area is 126 Å². The number of benzene rings is 1. The molecule has 114 valence electrons. The average Bonchev–Trinajstić information content (AvgIpc) is 2.47. The van der Waals surface area contributed by atoms with Gasteiger partial charge in [-0.1, -0.05) is 48.6 Å². The van der Waals surface area contributed by atoms with Crippen LogP contribution < -0.4 is 0 Å². The van der Waals surface area contributed by atoms with E-state index in [1.54, 1.807) is 20.3 Å². The third kappa shape index (κ3) is 7.44. The highest BCUT2D eigenvalue weighted by Crippen LogP contribution is 2.07. The second-order valence-electron chi connectivity index (χ2n) is 4.62. The molecule has 0 saturated heterocycles. The summed E-state index contributed by atoms with van der Waals surface area (Å²) < 4.78 is 15.1. The minimum absolute atomic E-state index is 0.304. The van der Waals surface area contributed by atoms with Crippen molar-refractivity contribution in [3.63, 3.8) is 0 Å². The normalized spacial score (nSPS) is 11.0. The van der Waals surface area contributed by atoms with Crippen molar-refractivity contribution in [1.82, 2.24) is 0 Å². The van der Waals surface area contributed by atoms with Gasteiger partial charge >= 0.3 is 5.97 Å². The highest BCUT2D eigenvalue weighted by atomic mass is 16.6. The van der Waals surface area contributed by atoms with Crippen molar-refractivity contribution in [2.24, 2.45) is 0 Å². The van der Waals surface area contributed by atoms with E-state index in [0.29, 0.717) is 19.6 Å². The molecule has 0 aliphatic rings. The van der Waals surface area contributed by atoms with Gasteiger partial charge in [-0.15, -0.1) is 0 Å². The molecular formula is C17H22O4. The fourth-order valence-electron chi connectivity index (χ4n) is 1.79. The van der Waals surface area contributed by atoms with Crippen LogP contribution in [0.3, 0.4) is 0 Å². The van der Waals surface area contributed by atoms with Crippen LogP contribution in [0.15, 0.2) is 54.6 Å². The van der Waals surface area contributed by atoms with Crippen LogP contribution in [0.4, 0.5) is 0 Å². The topological polar surface area (TPSA) is 44.8 Å². The number of hydrogen-bond acceptors (Lipinski definition) is 4. The molecule has 1 aromatic carbocycles. The van der Waals surface area contributed by atoms with Gasteiger partial charge in [0.05, 0.1) is 13.2 Å². The molecule has 0 bridgehead atoms. The van der Waals surface area contributed by atoms with Gasteiger partial charge in [0.1, 0.15) is 6.10 Å². The SMILES string of the molecule is C=C(/C=C/C(=O)OC(COC)COC)Cc1ccccc1. The molecule has 4 heteroatoms. The van der Waals surface area contributed by atoms with Crippen molar-refractivity contribution in [3.8, 4) is 0 Å². The van der Waals surface area contributed by atoms with E-state index >= 15 is 0 Å². The van der Waals surface area contributed by atoms with Crippen LogP contribution in [-0.2, 0) is 25.4 Å². The first-order valence-corrected chi connectivity index (χ1v) is 6.74. The molecule has 1 rings (SSSR count). The standard InChI is InChI=1S/C17H22O4/c1-14(11-15-7-5-4-6-8-15)9-10-17(18)21-16(12-19-2)13-20-3/h4-10,16H,1,11-13H2,2-3H3/b10-9+. The van der Waals surface area contributed by atoms with Crippen LogP contribution in [0.25, 0.3) is 0 Å². The van der Waals surface area contributed by atoms with E-state index in [0.717, 1.165) is 11.1 Å². The summed E-state index contributed by atoms with van der Waals surface area (Å²) >= 11 is 0. The van der Waals surface area contributed by atoms with Gasteiger partial charge in [-0.3, -0.25) is 0 Å². The molecule has 0 radical (unpaired) electrons. The maximum absolute atomic E-state index is 11.7. The molecule has 1 aromatic rings. The van der Waals surface area contributed by atoms with Crippen molar-refractivity contribution in [3.05, 3.63) is 60.2 Å². The van der Waals surface area contributed by atoms with Crippen LogP contribution in [0.1, 0.15) is 5.56 Å². The second kappa shape index (κ2) is 9.91. The largest absolute Gasteiger partial charge is 0.454 e. The highest BCUT2D eigenvalue weighted by molar-refractivity contribution is 5.82. The molecule has 0 spiro atoms. The fraction of sp³-hybridized carbons (Fsp3) is 0.353. The molecule has 21 heavy (non-hydrogen) atoms. The number of allylic oxidation sites excluding steroid dienone is 2. The molecule has 0 aromatic heterocycles. The van der Waals surface area contributed by atoms with Gasteiger partial charge in [0.2, 0.25) is 0 Å². The first-order chi connectivity index (χ1) is 10.2. The molecular weight excluding hydrogens is 268 g/mol. The summed E-state index contributed by atoms with van der Waals surface area (Å²) in [6.07, 6.45) is 3.35. The van der Waals surface area contributed by atoms with E-state index < -0.39 is 12.1 Å². The third-order valence-electron chi connectivity index (χ3n) is 2.72. The van der Waals surface area contributed by atoms with Gasteiger partial charge in [0, 0.05) is 20.3 Å². The van der Waals surface area contributed by atoms with E-state index in [4.69, 9.17) is 14.2 Å². The number of carbonyl (C=O) groups excluding carboxylic acids is 1. The van der Waals surface area contributed by atoms with Crippen LogP contribution in [-0.4, -0.2) is 39.5 Å². The minimum atomic E-state index is -0.427. The van der Waals surface area contributed by atoms with Crippen molar-refractivity contribution in [2.75, 3.05) is 27.4 Å². The van der Waals surface area contributed by atoms with E-state index in [1.807, 2.05) is 30.3 Å². The number of ether oxygens (including phenoxy) is 3. The van der Waals surface area contributed by atoms with Gasteiger partial charge in [-0.2, -0.15) is 0 Å². The van der Waals surface area contributed by atoms with E-state index in [2.05, 4.69) is 6.58 Å². The predicted octanol–water partition coefficient (Wildman–Crippen LogP) is 2.55. The maximum Gasteiger partial charge on any atom is 0.331 e. The summed E-state index contributed by atoms with van der Waals surface area (Å²) in [5, 5.41) is 0. The fourth-order valence-corrected chi connectivity index (χ4v) is 1.79. The molecule has 0 saturated carbocycles. The Hall–Kier alpha value is -1.91. The molecule has 0 aliphatic carbocycles. The Morgan fingerprint density at radius 2 is 1.76 bits per heavy atom. The molecule has 0 unspecified atom stereocenters. The lowest BCUT2D eigenvalue weighted by atomic mass is 10.1. The van der Waals surface area contributed by atoms with E-state index in [-0.39, 0.29) is 0 Å². The first-order valence-electron chi connectivity index (χ1n) is 6.74. The molecule has 0 atom stereocenters. The molecule has 0 heterocycles. The molecule has 4 nitrogen and oxygen atoms in total. The second-order valence-corrected chi connectivity index (χ2v) is 4.62. The summed E-state index contributed by atoms with van der Waals surface area (Å²) in [6, 6.07) is 9.95. The summed E-state index contributed by atoms with van der Waals surface area (Å²) in [5.74, 6) is -0.427. The van der Waals surface area contributed by atoms with Crippen LogP contribution in [0, 0.1) is 0 Å². The Balaban J connectivity index is 2.43. The van der Waals surface area contributed by atoms with Gasteiger partial charge < -0.3 is 14.2 Å². The van der Waals surface area contributed by atoms with Crippen LogP contribution >= 0.6 is 0 Å². The summed E-state index contributed by atoms with van der Waals surface area (Å²) in [5.41, 5.74) is 1.99. The lowest BCUT2D eigenvalue weighted by Crippen LogP contribution is -2.26. The van der Waals surface area contributed by atoms with E-state index in [1.165, 1.54) is 6.08 Å². The van der Waals surface area contributed by atoms with Crippen molar-refractivity contribution in [1.29, 1.82) is 0 Å². The summed E-state index contributed by atoms with van der Waals surface area (Å²) in [7, 11) is 3.10. The van der Waals surface area contributed by atoms with Crippen LogP contribution in [0.5, 0.6) is 0 Å². The number of rotatable bonds is 9. The number of esters is 1. The van der Waals surface area contributed by atoms with Gasteiger partial charge in [0.15, 0.2) is 0 Å². The van der Waals surface area contributed by atoms with Crippen molar-refractivity contribution >= 4 is 5.97 Å². The smallest absolute Gasteiger partial charge is 0.331 e. The van der Waals surface area contributed by atoms with Gasteiger partial charge in [-0.25, -0.2) is 4.79 Å². The van der Waals surface area contributed by atoms with Gasteiger partial charge in [-0.05, 0) is 12.0 Å². The predicted molar refractivity (Wildman–Crippen MR) is 82.1 cm³/mol. The quantitative estimate of drug-likeness (QED) is 0.398. The molecule has 0 N–H and O–H groups in total. The molecule has 0 aliphatic heterocycles. The third-order valence-corrected chi connectivity index (χ3v) is 2.72. The lowest BCUT2D eigenvalue weighted by Gasteiger charge is -2.14. The zero-order chi connectivity index (χ0) is 15.5. The zero-order valence-corrected chi connectivity index (χ0v) is 12.6. The molecule has 0 amide bonds. The van der Waals surface area contributed by atoms with Gasteiger partial charge in [0.25, 0.3) is 0 Å². The zero-order valence-electron chi connectivity index (χ0n) is 12.6. The maximum atomic E-state index is 11.7. The van der Waals surface area contributed by atoms with E-state index in [9.17, 15) is 4.79 Å². The molecule has 0 fully saturated rings. The number of methoxy groups -OCH3 is 2. The highest BCUT2D eigenvalue weighted by Gasteiger charge is 2.12. The average molecular weight is 290 g/mol. The Morgan fingerprint density at radius 1 is 1.14 bits per heavy atom. The Bertz CT molecular complexity index is 459. The minimum Gasteiger partial charge on any atom is -0.454 e. The number of hydrogen-bond donors (Lipinski definition) is 0. The number of carbonyl (C=O) groups is 1. The van der Waals surface area contributed by atoms with Crippen molar-refractivity contribution < 1.29 is 19.0 Å². The summed E-state index contributed by atoms with van der Waals surface area (Å²) in [4.78, 5) is 11.7. The lowest BCUT2D eigenvalue weighted by molar-refractivity contribution is -0.148.